The number of nitro groups is 1. The van der Waals surface area contributed by atoms with Crippen molar-refractivity contribution in [2.75, 3.05) is 25.1 Å². The van der Waals surface area contributed by atoms with E-state index in [1.165, 1.54) is 18.2 Å². The normalized spacial score (nSPS) is 15.8. The molecule has 1 aromatic carbocycles. The molecule has 7 heteroatoms. The molecule has 0 aliphatic carbocycles. The van der Waals surface area contributed by atoms with Crippen LogP contribution in [0, 0.1) is 16.0 Å². The minimum absolute atomic E-state index is 0.0441. The monoisotopic (exact) mass is 280 g/mol. The standard InChI is InChI=1S/C13H16N2O5/c16-13(17)11-2-1-10(15(18)19)7-12(11)14-8-9-3-5-20-6-4-9/h1-2,7,9,14H,3-6,8H2,(H,16,17). The molecule has 0 radical (unpaired) electrons. The molecule has 0 spiro atoms. The lowest BCUT2D eigenvalue weighted by atomic mass is 10.00. The zero-order chi connectivity index (χ0) is 14.5. The third-order valence-electron chi connectivity index (χ3n) is 3.37. The lowest BCUT2D eigenvalue weighted by molar-refractivity contribution is -0.384. The van der Waals surface area contributed by atoms with Gasteiger partial charge in [-0.15, -0.1) is 0 Å². The highest BCUT2D eigenvalue weighted by Gasteiger charge is 2.18. The van der Waals surface area contributed by atoms with Crippen molar-refractivity contribution in [3.63, 3.8) is 0 Å². The summed E-state index contributed by atoms with van der Waals surface area (Å²) >= 11 is 0. The molecule has 0 aromatic heterocycles. The van der Waals surface area contributed by atoms with E-state index in [0.29, 0.717) is 25.7 Å². The van der Waals surface area contributed by atoms with Gasteiger partial charge in [-0.2, -0.15) is 0 Å². The Balaban J connectivity index is 2.12. The second-order valence-corrected chi connectivity index (χ2v) is 4.73. The van der Waals surface area contributed by atoms with Crippen molar-refractivity contribution >= 4 is 17.3 Å². The van der Waals surface area contributed by atoms with Gasteiger partial charge >= 0.3 is 5.97 Å². The summed E-state index contributed by atoms with van der Waals surface area (Å²) in [5.41, 5.74) is 0.213. The number of rotatable bonds is 5. The van der Waals surface area contributed by atoms with Gasteiger partial charge in [0.05, 0.1) is 16.2 Å². The summed E-state index contributed by atoms with van der Waals surface area (Å²) in [6.07, 6.45) is 1.81. The molecule has 0 amide bonds. The minimum Gasteiger partial charge on any atom is -0.478 e. The van der Waals surface area contributed by atoms with Crippen molar-refractivity contribution in [1.82, 2.24) is 0 Å². The maximum Gasteiger partial charge on any atom is 0.337 e. The van der Waals surface area contributed by atoms with Gasteiger partial charge in [0.1, 0.15) is 0 Å². The topological polar surface area (TPSA) is 102 Å². The predicted molar refractivity (Wildman–Crippen MR) is 72.1 cm³/mol. The number of benzene rings is 1. The largest absolute Gasteiger partial charge is 0.478 e. The lowest BCUT2D eigenvalue weighted by Crippen LogP contribution is -2.23. The van der Waals surface area contributed by atoms with Crippen LogP contribution in [0.25, 0.3) is 0 Å². The average molecular weight is 280 g/mol. The van der Waals surface area contributed by atoms with Crippen LogP contribution in [0.1, 0.15) is 23.2 Å². The molecule has 1 fully saturated rings. The predicted octanol–water partition coefficient (Wildman–Crippen LogP) is 2.13. The number of aromatic carboxylic acids is 1. The second-order valence-electron chi connectivity index (χ2n) is 4.73. The summed E-state index contributed by atoms with van der Waals surface area (Å²) in [7, 11) is 0. The van der Waals surface area contributed by atoms with Crippen molar-refractivity contribution in [2.45, 2.75) is 12.8 Å². The lowest BCUT2D eigenvalue weighted by Gasteiger charge is -2.23. The third kappa shape index (κ3) is 3.45. The van der Waals surface area contributed by atoms with E-state index in [2.05, 4.69) is 5.32 Å². The number of hydrogen-bond donors (Lipinski definition) is 2. The maximum atomic E-state index is 11.1. The first kappa shape index (κ1) is 14.3. The summed E-state index contributed by atoms with van der Waals surface area (Å²) in [4.78, 5) is 21.3. The first-order chi connectivity index (χ1) is 9.58. The second kappa shape index (κ2) is 6.33. The van der Waals surface area contributed by atoms with Crippen LogP contribution in [0.3, 0.4) is 0 Å². The van der Waals surface area contributed by atoms with Gasteiger partial charge < -0.3 is 15.2 Å². The fourth-order valence-electron chi connectivity index (χ4n) is 2.18. The Kier molecular flexibility index (Phi) is 4.52. The van der Waals surface area contributed by atoms with E-state index in [1.807, 2.05) is 0 Å². The third-order valence-corrected chi connectivity index (χ3v) is 3.37. The Hall–Kier alpha value is -2.15. The van der Waals surface area contributed by atoms with Crippen LogP contribution in [-0.4, -0.2) is 35.8 Å². The van der Waals surface area contributed by atoms with Crippen LogP contribution in [0.5, 0.6) is 0 Å². The number of carbonyl (C=O) groups is 1. The van der Waals surface area contributed by atoms with Crippen molar-refractivity contribution in [1.29, 1.82) is 0 Å². The molecule has 1 aliphatic rings. The molecular formula is C13H16N2O5. The molecule has 1 saturated heterocycles. The fraction of sp³-hybridized carbons (Fsp3) is 0.462. The quantitative estimate of drug-likeness (QED) is 0.632. The van der Waals surface area contributed by atoms with E-state index in [9.17, 15) is 14.9 Å². The molecule has 2 rings (SSSR count). The van der Waals surface area contributed by atoms with E-state index in [4.69, 9.17) is 9.84 Å². The van der Waals surface area contributed by atoms with Gasteiger partial charge in [0.2, 0.25) is 0 Å². The summed E-state index contributed by atoms with van der Waals surface area (Å²) in [6.45, 7) is 1.99. The number of carboxylic acid groups (broad SMARTS) is 1. The smallest absolute Gasteiger partial charge is 0.337 e. The number of nitrogens with one attached hydrogen (secondary N) is 1. The molecule has 1 aromatic rings. The first-order valence-electron chi connectivity index (χ1n) is 6.41. The number of anilines is 1. The van der Waals surface area contributed by atoms with Crippen LogP contribution in [0.2, 0.25) is 0 Å². The minimum atomic E-state index is -1.10. The Morgan fingerprint density at radius 2 is 2.15 bits per heavy atom. The van der Waals surface area contributed by atoms with E-state index >= 15 is 0 Å². The average Bonchev–Trinajstić information content (AvgIpc) is 2.45. The van der Waals surface area contributed by atoms with E-state index in [0.717, 1.165) is 12.8 Å². The van der Waals surface area contributed by atoms with Gasteiger partial charge in [0, 0.05) is 31.9 Å². The number of carboxylic acids is 1. The van der Waals surface area contributed by atoms with Gasteiger partial charge in [-0.3, -0.25) is 10.1 Å². The highest BCUT2D eigenvalue weighted by molar-refractivity contribution is 5.94. The zero-order valence-electron chi connectivity index (χ0n) is 10.9. The molecule has 0 saturated carbocycles. The number of non-ortho nitro benzene ring substituents is 1. The molecule has 0 atom stereocenters. The molecule has 0 bridgehead atoms. The Bertz CT molecular complexity index is 511. The Morgan fingerprint density at radius 3 is 2.75 bits per heavy atom. The molecule has 0 unspecified atom stereocenters. The molecular weight excluding hydrogens is 264 g/mol. The van der Waals surface area contributed by atoms with Crippen LogP contribution < -0.4 is 5.32 Å². The summed E-state index contributed by atoms with van der Waals surface area (Å²) in [5.74, 6) is -0.709. The van der Waals surface area contributed by atoms with Crippen molar-refractivity contribution in [3.8, 4) is 0 Å². The van der Waals surface area contributed by atoms with Crippen LogP contribution in [0.4, 0.5) is 11.4 Å². The van der Waals surface area contributed by atoms with Gasteiger partial charge in [0.25, 0.3) is 5.69 Å². The van der Waals surface area contributed by atoms with Crippen LogP contribution >= 0.6 is 0 Å². The molecule has 108 valence electrons. The summed E-state index contributed by atoms with van der Waals surface area (Å²) in [6, 6.07) is 3.72. The van der Waals surface area contributed by atoms with E-state index in [-0.39, 0.29) is 16.9 Å². The number of nitrogens with zero attached hydrogens (tertiary/aromatic N) is 1. The van der Waals surface area contributed by atoms with Gasteiger partial charge in [-0.25, -0.2) is 4.79 Å². The van der Waals surface area contributed by atoms with E-state index in [1.54, 1.807) is 0 Å². The van der Waals surface area contributed by atoms with Gasteiger partial charge in [-0.1, -0.05) is 0 Å². The van der Waals surface area contributed by atoms with Gasteiger partial charge in [0.15, 0.2) is 0 Å². The van der Waals surface area contributed by atoms with Crippen LogP contribution in [0.15, 0.2) is 18.2 Å². The number of hydrogen-bond acceptors (Lipinski definition) is 5. The highest BCUT2D eigenvalue weighted by atomic mass is 16.6. The molecule has 20 heavy (non-hydrogen) atoms. The number of nitro benzene ring substituents is 1. The molecule has 7 nitrogen and oxygen atoms in total. The first-order valence-corrected chi connectivity index (χ1v) is 6.41. The summed E-state index contributed by atoms with van der Waals surface area (Å²) in [5, 5.41) is 22.9. The maximum absolute atomic E-state index is 11.1. The van der Waals surface area contributed by atoms with Crippen molar-refractivity contribution < 1.29 is 19.6 Å². The Labute approximate surface area is 115 Å². The SMILES string of the molecule is O=C(O)c1ccc([N+](=O)[O-])cc1NCC1CCOCC1. The van der Waals surface area contributed by atoms with Gasteiger partial charge in [-0.05, 0) is 24.8 Å². The highest BCUT2D eigenvalue weighted by Crippen LogP contribution is 2.24. The molecule has 2 N–H and O–H groups in total. The van der Waals surface area contributed by atoms with Crippen molar-refractivity contribution in [3.05, 3.63) is 33.9 Å². The number of ether oxygens (including phenoxy) is 1. The Morgan fingerprint density at radius 1 is 1.45 bits per heavy atom. The van der Waals surface area contributed by atoms with Crippen LogP contribution in [-0.2, 0) is 4.74 Å². The fourth-order valence-corrected chi connectivity index (χ4v) is 2.18. The van der Waals surface area contributed by atoms with Crippen molar-refractivity contribution in [2.24, 2.45) is 5.92 Å². The summed E-state index contributed by atoms with van der Waals surface area (Å²) < 4.78 is 5.25. The molecule has 1 heterocycles. The van der Waals surface area contributed by atoms with E-state index < -0.39 is 10.9 Å². The molecule has 1 aliphatic heterocycles. The zero-order valence-corrected chi connectivity index (χ0v) is 10.9.